The average molecular weight is 540 g/mol. The van der Waals surface area contributed by atoms with Gasteiger partial charge in [-0.1, -0.05) is 24.2 Å². The van der Waals surface area contributed by atoms with E-state index in [2.05, 4.69) is 37.4 Å². The van der Waals surface area contributed by atoms with Crippen LogP contribution < -0.4 is 25.6 Å². The van der Waals surface area contributed by atoms with Crippen LogP contribution in [0.5, 0.6) is 5.75 Å². The van der Waals surface area contributed by atoms with Crippen molar-refractivity contribution in [2.75, 3.05) is 54.1 Å². The highest BCUT2D eigenvalue weighted by atomic mass is 35.5. The van der Waals surface area contributed by atoms with Gasteiger partial charge in [0.05, 0.1) is 19.0 Å². The SMILES string of the molecule is C=C(F)C(=O)Nc1cccc(Nc2nc(Nc3ccc(N4CCN(C(C)=O)CC4)cc3OC)ncc2Cl)c1. The van der Waals surface area contributed by atoms with Crippen molar-refractivity contribution in [1.82, 2.24) is 14.9 Å². The van der Waals surface area contributed by atoms with Gasteiger partial charge in [0.15, 0.2) is 11.6 Å². The second-order valence-electron chi connectivity index (χ2n) is 8.46. The van der Waals surface area contributed by atoms with Gasteiger partial charge in [-0.05, 0) is 30.3 Å². The van der Waals surface area contributed by atoms with E-state index in [0.717, 1.165) is 18.8 Å². The Morgan fingerprint density at radius 1 is 1.08 bits per heavy atom. The van der Waals surface area contributed by atoms with Crippen LogP contribution in [-0.2, 0) is 9.59 Å². The highest BCUT2D eigenvalue weighted by Crippen LogP contribution is 2.33. The number of piperazine rings is 1. The molecule has 3 N–H and O–H groups in total. The maximum atomic E-state index is 13.0. The number of ether oxygens (including phenoxy) is 1. The first kappa shape index (κ1) is 26.7. The molecule has 1 aliphatic rings. The molecule has 198 valence electrons. The first-order chi connectivity index (χ1) is 18.2. The smallest absolute Gasteiger partial charge is 0.283 e. The summed E-state index contributed by atoms with van der Waals surface area (Å²) in [7, 11) is 1.58. The highest BCUT2D eigenvalue weighted by Gasteiger charge is 2.20. The topological polar surface area (TPSA) is 112 Å². The Bertz CT molecular complexity index is 1360. The van der Waals surface area contributed by atoms with Crippen molar-refractivity contribution in [3.8, 4) is 5.75 Å². The number of rotatable bonds is 8. The zero-order chi connectivity index (χ0) is 27.2. The standard InChI is InChI=1S/C26H27ClFN7O3/c1-16(28)25(37)31-19-6-4-5-18(13-19)30-24-21(27)15-29-26(33-24)32-22-8-7-20(14-23(22)38-3)35-11-9-34(10-12-35)17(2)36/h4-8,13-15H,1,9-12H2,2-3H3,(H,31,37)(H2,29,30,32,33). The van der Waals surface area contributed by atoms with E-state index >= 15 is 0 Å². The van der Waals surface area contributed by atoms with E-state index in [4.69, 9.17) is 16.3 Å². The number of hydrogen-bond acceptors (Lipinski definition) is 8. The highest BCUT2D eigenvalue weighted by molar-refractivity contribution is 6.32. The van der Waals surface area contributed by atoms with E-state index in [9.17, 15) is 14.0 Å². The van der Waals surface area contributed by atoms with Crippen molar-refractivity contribution in [1.29, 1.82) is 0 Å². The third kappa shape index (κ3) is 6.48. The summed E-state index contributed by atoms with van der Waals surface area (Å²) < 4.78 is 18.6. The molecular weight excluding hydrogens is 513 g/mol. The fraction of sp³-hybridized carbons (Fsp3) is 0.231. The summed E-state index contributed by atoms with van der Waals surface area (Å²) >= 11 is 6.31. The van der Waals surface area contributed by atoms with Crippen molar-refractivity contribution in [2.24, 2.45) is 0 Å². The number of carbonyl (C=O) groups is 2. The molecule has 1 fully saturated rings. The van der Waals surface area contributed by atoms with Crippen LogP contribution in [0, 0.1) is 0 Å². The van der Waals surface area contributed by atoms with E-state index in [0.29, 0.717) is 41.7 Å². The molecule has 0 saturated carbocycles. The number of nitrogens with one attached hydrogen (secondary N) is 3. The molecule has 0 radical (unpaired) electrons. The number of methoxy groups -OCH3 is 1. The molecule has 3 aromatic rings. The predicted molar refractivity (Wildman–Crippen MR) is 146 cm³/mol. The molecule has 2 aromatic carbocycles. The molecule has 12 heteroatoms. The van der Waals surface area contributed by atoms with Gasteiger partial charge in [0.25, 0.3) is 5.91 Å². The van der Waals surface area contributed by atoms with Gasteiger partial charge in [-0.25, -0.2) is 9.37 Å². The lowest BCUT2D eigenvalue weighted by Crippen LogP contribution is -2.48. The monoisotopic (exact) mass is 539 g/mol. The van der Waals surface area contributed by atoms with Crippen LogP contribution in [0.1, 0.15) is 6.92 Å². The Kier molecular flexibility index (Phi) is 8.27. The van der Waals surface area contributed by atoms with Gasteiger partial charge >= 0.3 is 0 Å². The minimum atomic E-state index is -1.09. The summed E-state index contributed by atoms with van der Waals surface area (Å²) in [6.45, 7) is 7.39. The lowest BCUT2D eigenvalue weighted by molar-refractivity contribution is -0.129. The van der Waals surface area contributed by atoms with Crippen LogP contribution in [0.2, 0.25) is 5.02 Å². The van der Waals surface area contributed by atoms with Crippen molar-refractivity contribution >= 4 is 57.9 Å². The van der Waals surface area contributed by atoms with Gasteiger partial charge in [0.2, 0.25) is 11.9 Å². The number of halogens is 2. The Hall–Kier alpha value is -4.38. The molecule has 38 heavy (non-hydrogen) atoms. The summed E-state index contributed by atoms with van der Waals surface area (Å²) in [5, 5.41) is 8.91. The molecule has 1 saturated heterocycles. The largest absolute Gasteiger partial charge is 0.494 e. The molecule has 0 atom stereocenters. The van der Waals surface area contributed by atoms with Crippen LogP contribution in [0.15, 0.2) is 61.1 Å². The number of benzene rings is 2. The summed E-state index contributed by atoms with van der Waals surface area (Å²) in [6.07, 6.45) is 1.45. The maximum absolute atomic E-state index is 13.0. The Labute approximate surface area is 224 Å². The Balaban J connectivity index is 1.48. The van der Waals surface area contributed by atoms with Gasteiger partial charge in [0.1, 0.15) is 10.8 Å². The lowest BCUT2D eigenvalue weighted by atomic mass is 10.2. The Morgan fingerprint density at radius 2 is 1.82 bits per heavy atom. The molecule has 1 aromatic heterocycles. The minimum absolute atomic E-state index is 0.0844. The summed E-state index contributed by atoms with van der Waals surface area (Å²) in [5.41, 5.74) is 2.57. The number of anilines is 6. The third-order valence-electron chi connectivity index (χ3n) is 5.90. The summed E-state index contributed by atoms with van der Waals surface area (Å²) in [6, 6.07) is 12.4. The minimum Gasteiger partial charge on any atom is -0.494 e. The number of amides is 2. The first-order valence-corrected chi connectivity index (χ1v) is 12.1. The fourth-order valence-electron chi connectivity index (χ4n) is 3.91. The number of nitrogens with zero attached hydrogens (tertiary/aromatic N) is 4. The summed E-state index contributed by atoms with van der Waals surface area (Å²) in [5.74, 6) is -0.731. The average Bonchev–Trinajstić information content (AvgIpc) is 2.91. The summed E-state index contributed by atoms with van der Waals surface area (Å²) in [4.78, 5) is 35.9. The lowest BCUT2D eigenvalue weighted by Gasteiger charge is -2.35. The van der Waals surface area contributed by atoms with Crippen LogP contribution >= 0.6 is 11.6 Å². The number of carbonyl (C=O) groups excluding carboxylic acids is 2. The van der Waals surface area contributed by atoms with Gasteiger partial charge in [0, 0.05) is 56.2 Å². The van der Waals surface area contributed by atoms with Crippen molar-refractivity contribution in [2.45, 2.75) is 6.92 Å². The third-order valence-corrected chi connectivity index (χ3v) is 6.17. The van der Waals surface area contributed by atoms with E-state index in [1.807, 2.05) is 23.1 Å². The number of hydrogen-bond donors (Lipinski definition) is 3. The van der Waals surface area contributed by atoms with Crippen LogP contribution in [0.3, 0.4) is 0 Å². The number of aromatic nitrogens is 2. The fourth-order valence-corrected chi connectivity index (χ4v) is 4.04. The zero-order valence-corrected chi connectivity index (χ0v) is 21.7. The normalized spacial score (nSPS) is 13.1. The van der Waals surface area contributed by atoms with Gasteiger partial charge in [-0.15, -0.1) is 0 Å². The maximum Gasteiger partial charge on any atom is 0.283 e. The second-order valence-corrected chi connectivity index (χ2v) is 8.86. The van der Waals surface area contributed by atoms with Crippen LogP contribution in [0.25, 0.3) is 0 Å². The van der Waals surface area contributed by atoms with Gasteiger partial charge in [-0.2, -0.15) is 4.98 Å². The molecule has 1 aliphatic heterocycles. The van der Waals surface area contributed by atoms with Crippen molar-refractivity contribution in [3.05, 3.63) is 66.1 Å². The predicted octanol–water partition coefficient (Wildman–Crippen LogP) is 4.72. The van der Waals surface area contributed by atoms with E-state index < -0.39 is 11.7 Å². The van der Waals surface area contributed by atoms with E-state index in [1.165, 1.54) is 6.20 Å². The molecular formula is C26H27ClFN7O3. The van der Waals surface area contributed by atoms with Gasteiger partial charge < -0.3 is 30.5 Å². The first-order valence-electron chi connectivity index (χ1n) is 11.7. The molecule has 2 amide bonds. The molecule has 4 rings (SSSR count). The zero-order valence-electron chi connectivity index (χ0n) is 20.9. The van der Waals surface area contributed by atoms with Crippen molar-refractivity contribution in [3.63, 3.8) is 0 Å². The quantitative estimate of drug-likeness (QED) is 0.353. The Morgan fingerprint density at radius 3 is 2.50 bits per heavy atom. The van der Waals surface area contributed by atoms with Crippen molar-refractivity contribution < 1.29 is 18.7 Å². The molecule has 0 spiro atoms. The van der Waals surface area contributed by atoms with Crippen LogP contribution in [0.4, 0.5) is 38.9 Å². The molecule has 0 bridgehead atoms. The van der Waals surface area contributed by atoms with E-state index in [1.54, 1.807) is 38.3 Å². The van der Waals surface area contributed by atoms with E-state index in [-0.39, 0.29) is 16.9 Å². The molecule has 0 aliphatic carbocycles. The van der Waals surface area contributed by atoms with Gasteiger partial charge in [-0.3, -0.25) is 9.59 Å². The second kappa shape index (κ2) is 11.8. The molecule has 10 nitrogen and oxygen atoms in total. The molecule has 0 unspecified atom stereocenters. The van der Waals surface area contributed by atoms with Crippen LogP contribution in [-0.4, -0.2) is 60.0 Å². The molecule has 2 heterocycles.